The van der Waals surface area contributed by atoms with E-state index in [1.54, 1.807) is 12.0 Å². The zero-order chi connectivity index (χ0) is 19.1. The van der Waals surface area contributed by atoms with Crippen LogP contribution in [0.4, 0.5) is 11.8 Å². The molecule has 1 aliphatic heterocycles. The zero-order valence-corrected chi connectivity index (χ0v) is 15.7. The first-order valence-electron chi connectivity index (χ1n) is 8.98. The SMILES string of the molecule is COc1ccc(OCCNc2nc(C)cc(N3CCN(C=O)CC3)n2)cc1. The third-order valence-corrected chi connectivity index (χ3v) is 4.34. The van der Waals surface area contributed by atoms with Gasteiger partial charge in [-0.1, -0.05) is 0 Å². The molecule has 3 rings (SSSR count). The molecule has 0 unspecified atom stereocenters. The molecule has 2 heterocycles. The average Bonchev–Trinajstić information content (AvgIpc) is 2.71. The fourth-order valence-electron chi connectivity index (χ4n) is 2.85. The maximum atomic E-state index is 10.8. The second-order valence-corrected chi connectivity index (χ2v) is 6.27. The van der Waals surface area contributed by atoms with Crippen LogP contribution in [-0.2, 0) is 4.79 Å². The number of nitrogens with zero attached hydrogens (tertiary/aromatic N) is 4. The topological polar surface area (TPSA) is 79.8 Å². The predicted molar refractivity (Wildman–Crippen MR) is 104 cm³/mol. The molecule has 1 fully saturated rings. The highest BCUT2D eigenvalue weighted by Crippen LogP contribution is 2.18. The number of carbonyl (C=O) groups is 1. The number of hydrogen-bond acceptors (Lipinski definition) is 7. The second-order valence-electron chi connectivity index (χ2n) is 6.27. The Morgan fingerprint density at radius 2 is 1.81 bits per heavy atom. The lowest BCUT2D eigenvalue weighted by Crippen LogP contribution is -2.46. The Labute approximate surface area is 159 Å². The van der Waals surface area contributed by atoms with Gasteiger partial charge in [0, 0.05) is 37.9 Å². The molecule has 0 atom stereocenters. The van der Waals surface area contributed by atoms with E-state index in [9.17, 15) is 4.79 Å². The molecular weight excluding hydrogens is 346 g/mol. The van der Waals surface area contributed by atoms with E-state index in [-0.39, 0.29) is 0 Å². The lowest BCUT2D eigenvalue weighted by atomic mass is 10.3. The summed E-state index contributed by atoms with van der Waals surface area (Å²) in [6.45, 7) is 6.01. The third-order valence-electron chi connectivity index (χ3n) is 4.34. The van der Waals surface area contributed by atoms with Crippen LogP contribution in [0.2, 0.25) is 0 Å². The molecule has 1 aromatic carbocycles. The monoisotopic (exact) mass is 371 g/mol. The van der Waals surface area contributed by atoms with Gasteiger partial charge in [-0.15, -0.1) is 0 Å². The molecule has 2 aromatic rings. The van der Waals surface area contributed by atoms with Crippen LogP contribution in [0.3, 0.4) is 0 Å². The highest BCUT2D eigenvalue weighted by atomic mass is 16.5. The minimum atomic E-state index is 0.497. The molecule has 8 nitrogen and oxygen atoms in total. The van der Waals surface area contributed by atoms with Crippen molar-refractivity contribution in [1.82, 2.24) is 14.9 Å². The van der Waals surface area contributed by atoms with E-state index in [0.29, 0.717) is 32.2 Å². The average molecular weight is 371 g/mol. The Kier molecular flexibility index (Phi) is 6.30. The van der Waals surface area contributed by atoms with Crippen LogP contribution in [0.5, 0.6) is 11.5 Å². The number of aromatic nitrogens is 2. The summed E-state index contributed by atoms with van der Waals surface area (Å²) in [5.41, 5.74) is 0.899. The van der Waals surface area contributed by atoms with E-state index in [1.807, 2.05) is 37.3 Å². The minimum Gasteiger partial charge on any atom is -0.497 e. The Bertz CT molecular complexity index is 746. The van der Waals surface area contributed by atoms with Crippen molar-refractivity contribution in [3.05, 3.63) is 36.0 Å². The molecule has 1 saturated heterocycles. The Morgan fingerprint density at radius 3 is 2.48 bits per heavy atom. The third kappa shape index (κ3) is 5.22. The number of hydrogen-bond donors (Lipinski definition) is 1. The first kappa shape index (κ1) is 18.8. The first-order valence-corrected chi connectivity index (χ1v) is 8.98. The molecular formula is C19H25N5O3. The summed E-state index contributed by atoms with van der Waals surface area (Å²) in [5.74, 6) is 3.06. The van der Waals surface area contributed by atoms with Crippen molar-refractivity contribution in [3.8, 4) is 11.5 Å². The van der Waals surface area contributed by atoms with E-state index in [0.717, 1.165) is 42.5 Å². The molecule has 27 heavy (non-hydrogen) atoms. The highest BCUT2D eigenvalue weighted by molar-refractivity contribution is 5.50. The molecule has 8 heteroatoms. The van der Waals surface area contributed by atoms with Gasteiger partial charge in [0.2, 0.25) is 12.4 Å². The van der Waals surface area contributed by atoms with Gasteiger partial charge in [-0.2, -0.15) is 4.98 Å². The number of anilines is 2. The van der Waals surface area contributed by atoms with Crippen LogP contribution in [0.15, 0.2) is 30.3 Å². The van der Waals surface area contributed by atoms with E-state index >= 15 is 0 Å². The molecule has 0 spiro atoms. The number of benzene rings is 1. The Hall–Kier alpha value is -3.03. The number of aryl methyl sites for hydroxylation is 1. The predicted octanol–water partition coefficient (Wildman–Crippen LogP) is 1.56. The van der Waals surface area contributed by atoms with E-state index in [2.05, 4.69) is 20.2 Å². The summed E-state index contributed by atoms with van der Waals surface area (Å²) in [5, 5.41) is 3.21. The van der Waals surface area contributed by atoms with Gasteiger partial charge >= 0.3 is 0 Å². The largest absolute Gasteiger partial charge is 0.497 e. The fourth-order valence-corrected chi connectivity index (χ4v) is 2.85. The van der Waals surface area contributed by atoms with Crippen LogP contribution >= 0.6 is 0 Å². The Morgan fingerprint density at radius 1 is 1.11 bits per heavy atom. The van der Waals surface area contributed by atoms with Gasteiger partial charge in [0.15, 0.2) is 0 Å². The molecule has 0 saturated carbocycles. The fraction of sp³-hybridized carbons (Fsp3) is 0.421. The number of methoxy groups -OCH3 is 1. The number of amides is 1. The van der Waals surface area contributed by atoms with Gasteiger partial charge in [0.05, 0.1) is 13.7 Å². The molecule has 1 aromatic heterocycles. The quantitative estimate of drug-likeness (QED) is 0.557. The minimum absolute atomic E-state index is 0.497. The van der Waals surface area contributed by atoms with Crippen LogP contribution in [0.1, 0.15) is 5.69 Å². The van der Waals surface area contributed by atoms with E-state index < -0.39 is 0 Å². The summed E-state index contributed by atoms with van der Waals surface area (Å²) < 4.78 is 10.8. The molecule has 0 aliphatic carbocycles. The van der Waals surface area contributed by atoms with Crippen molar-refractivity contribution < 1.29 is 14.3 Å². The first-order chi connectivity index (χ1) is 13.2. The van der Waals surface area contributed by atoms with Gasteiger partial charge in [-0.05, 0) is 31.2 Å². The summed E-state index contributed by atoms with van der Waals surface area (Å²) in [4.78, 5) is 23.8. The summed E-state index contributed by atoms with van der Waals surface area (Å²) in [6, 6.07) is 9.44. The van der Waals surface area contributed by atoms with Gasteiger partial charge in [0.1, 0.15) is 23.9 Å². The van der Waals surface area contributed by atoms with Crippen molar-refractivity contribution >= 4 is 18.2 Å². The smallest absolute Gasteiger partial charge is 0.224 e. The van der Waals surface area contributed by atoms with E-state index in [1.165, 1.54) is 0 Å². The zero-order valence-electron chi connectivity index (χ0n) is 15.7. The molecule has 0 radical (unpaired) electrons. The van der Waals surface area contributed by atoms with Crippen molar-refractivity contribution in [3.63, 3.8) is 0 Å². The molecule has 144 valence electrons. The normalized spacial score (nSPS) is 14.0. The molecule has 1 N–H and O–H groups in total. The number of piperazine rings is 1. The second kappa shape index (κ2) is 9.07. The van der Waals surface area contributed by atoms with Gasteiger partial charge < -0.3 is 24.6 Å². The lowest BCUT2D eigenvalue weighted by molar-refractivity contribution is -0.118. The standard InChI is InChI=1S/C19H25N5O3/c1-15-13-18(24-10-8-23(14-25)9-11-24)22-19(21-15)20-7-12-27-17-5-3-16(26-2)4-6-17/h3-6,13-14H,7-12H2,1-2H3,(H,20,21,22). The number of ether oxygens (including phenoxy) is 2. The van der Waals surface area contributed by atoms with Crippen LogP contribution in [-0.4, -0.2) is 67.7 Å². The van der Waals surface area contributed by atoms with Crippen molar-refractivity contribution in [1.29, 1.82) is 0 Å². The maximum absolute atomic E-state index is 10.8. The van der Waals surface area contributed by atoms with Crippen molar-refractivity contribution in [2.75, 3.05) is 56.7 Å². The summed E-state index contributed by atoms with van der Waals surface area (Å²) >= 11 is 0. The van der Waals surface area contributed by atoms with E-state index in [4.69, 9.17) is 9.47 Å². The van der Waals surface area contributed by atoms with Gasteiger partial charge in [0.25, 0.3) is 0 Å². The highest BCUT2D eigenvalue weighted by Gasteiger charge is 2.17. The molecule has 1 amide bonds. The van der Waals surface area contributed by atoms with Crippen LogP contribution in [0.25, 0.3) is 0 Å². The van der Waals surface area contributed by atoms with Crippen molar-refractivity contribution in [2.24, 2.45) is 0 Å². The number of carbonyl (C=O) groups excluding carboxylic acids is 1. The van der Waals surface area contributed by atoms with Gasteiger partial charge in [-0.3, -0.25) is 4.79 Å². The summed E-state index contributed by atoms with van der Waals surface area (Å²) in [7, 11) is 1.64. The van der Waals surface area contributed by atoms with Gasteiger partial charge in [-0.25, -0.2) is 4.98 Å². The lowest BCUT2D eigenvalue weighted by Gasteiger charge is -2.33. The number of rotatable bonds is 8. The molecule has 1 aliphatic rings. The Balaban J connectivity index is 1.51. The molecule has 0 bridgehead atoms. The number of nitrogens with one attached hydrogen (secondary N) is 1. The van der Waals surface area contributed by atoms with Crippen LogP contribution in [0, 0.1) is 6.92 Å². The summed E-state index contributed by atoms with van der Waals surface area (Å²) in [6.07, 6.45) is 0.901. The van der Waals surface area contributed by atoms with Crippen molar-refractivity contribution in [2.45, 2.75) is 6.92 Å². The maximum Gasteiger partial charge on any atom is 0.224 e. The van der Waals surface area contributed by atoms with Crippen LogP contribution < -0.4 is 19.7 Å².